The fourth-order valence-electron chi connectivity index (χ4n) is 1.76. The van der Waals surface area contributed by atoms with Crippen molar-refractivity contribution in [3.63, 3.8) is 0 Å². The Morgan fingerprint density at radius 1 is 1.53 bits per heavy atom. The number of rotatable bonds is 2. The lowest BCUT2D eigenvalue weighted by atomic mass is 10.1. The van der Waals surface area contributed by atoms with Gasteiger partial charge in [-0.05, 0) is 31.8 Å². The zero-order valence-corrected chi connectivity index (χ0v) is 9.73. The number of benzene rings is 1. The van der Waals surface area contributed by atoms with E-state index >= 15 is 0 Å². The maximum Gasteiger partial charge on any atom is 0.262 e. The van der Waals surface area contributed by atoms with E-state index in [-0.39, 0.29) is 18.6 Å². The molecule has 5 heteroatoms. The van der Waals surface area contributed by atoms with Crippen molar-refractivity contribution in [2.45, 2.75) is 6.04 Å². The predicted molar refractivity (Wildman–Crippen MR) is 62.6 cm³/mol. The van der Waals surface area contributed by atoms with Gasteiger partial charge in [-0.25, -0.2) is 0 Å². The largest absolute Gasteiger partial charge is 0.482 e. The molecule has 1 amide bonds. The lowest BCUT2D eigenvalue weighted by Crippen LogP contribution is -2.26. The molecule has 1 aromatic rings. The van der Waals surface area contributed by atoms with Crippen LogP contribution in [0.3, 0.4) is 0 Å². The highest BCUT2D eigenvalue weighted by atomic mass is 16.5. The number of anilines is 1. The van der Waals surface area contributed by atoms with Crippen molar-refractivity contribution < 1.29 is 9.53 Å². The van der Waals surface area contributed by atoms with Gasteiger partial charge in [0.2, 0.25) is 0 Å². The van der Waals surface area contributed by atoms with Gasteiger partial charge in [0.25, 0.3) is 5.91 Å². The molecule has 5 nitrogen and oxygen atoms in total. The molecule has 0 fully saturated rings. The van der Waals surface area contributed by atoms with Crippen LogP contribution in [0.25, 0.3) is 0 Å². The molecule has 1 aliphatic rings. The number of nitriles is 1. The van der Waals surface area contributed by atoms with Gasteiger partial charge in [-0.1, -0.05) is 6.07 Å². The van der Waals surface area contributed by atoms with Gasteiger partial charge in [0.1, 0.15) is 11.8 Å². The van der Waals surface area contributed by atoms with Gasteiger partial charge in [0.15, 0.2) is 6.61 Å². The Labute approximate surface area is 99.6 Å². The molecule has 0 aromatic heterocycles. The van der Waals surface area contributed by atoms with Gasteiger partial charge in [0, 0.05) is 0 Å². The van der Waals surface area contributed by atoms with Crippen LogP contribution in [0.1, 0.15) is 11.6 Å². The Hall–Kier alpha value is -2.06. The normalized spacial score (nSPS) is 15.5. The molecule has 0 saturated heterocycles. The molecule has 17 heavy (non-hydrogen) atoms. The van der Waals surface area contributed by atoms with Gasteiger partial charge in [-0.2, -0.15) is 5.26 Å². The van der Waals surface area contributed by atoms with Gasteiger partial charge < -0.3 is 10.1 Å². The summed E-state index contributed by atoms with van der Waals surface area (Å²) >= 11 is 0. The predicted octanol–water partition coefficient (Wildman–Crippen LogP) is 1.14. The van der Waals surface area contributed by atoms with Crippen LogP contribution in [0.4, 0.5) is 5.69 Å². The molecule has 88 valence electrons. The number of nitrogens with zero attached hydrogens (tertiary/aromatic N) is 2. The highest BCUT2D eigenvalue weighted by Crippen LogP contribution is 2.31. The number of fused-ring (bicyclic) bond motifs is 1. The van der Waals surface area contributed by atoms with Crippen molar-refractivity contribution >= 4 is 11.6 Å². The second-order valence-corrected chi connectivity index (χ2v) is 4.09. The first-order valence-electron chi connectivity index (χ1n) is 5.24. The van der Waals surface area contributed by atoms with Crippen LogP contribution in [0.2, 0.25) is 0 Å². The molecule has 1 unspecified atom stereocenters. The summed E-state index contributed by atoms with van der Waals surface area (Å²) in [5, 5.41) is 11.8. The van der Waals surface area contributed by atoms with Crippen LogP contribution in [-0.2, 0) is 4.79 Å². The molecular formula is C12H13N3O2. The van der Waals surface area contributed by atoms with Crippen LogP contribution in [-0.4, -0.2) is 31.5 Å². The zero-order valence-electron chi connectivity index (χ0n) is 9.73. The number of carbonyl (C=O) groups excluding carboxylic acids is 1. The van der Waals surface area contributed by atoms with E-state index in [4.69, 9.17) is 10.00 Å². The Kier molecular flexibility index (Phi) is 2.98. The van der Waals surface area contributed by atoms with E-state index in [2.05, 4.69) is 11.4 Å². The molecule has 2 rings (SSSR count). The fourth-order valence-corrected chi connectivity index (χ4v) is 1.76. The smallest absolute Gasteiger partial charge is 0.262 e. The molecular weight excluding hydrogens is 218 g/mol. The number of hydrogen-bond acceptors (Lipinski definition) is 4. The van der Waals surface area contributed by atoms with Crippen molar-refractivity contribution in [3.05, 3.63) is 23.8 Å². The molecule has 0 saturated carbocycles. The number of hydrogen-bond donors (Lipinski definition) is 1. The minimum Gasteiger partial charge on any atom is -0.482 e. The molecule has 1 heterocycles. The third kappa shape index (κ3) is 2.22. The van der Waals surface area contributed by atoms with E-state index in [0.717, 1.165) is 5.56 Å². The summed E-state index contributed by atoms with van der Waals surface area (Å²) in [6.45, 7) is 0.0434. The van der Waals surface area contributed by atoms with E-state index < -0.39 is 0 Å². The highest BCUT2D eigenvalue weighted by molar-refractivity contribution is 5.95. The van der Waals surface area contributed by atoms with Crippen LogP contribution in [0.5, 0.6) is 5.75 Å². The van der Waals surface area contributed by atoms with Gasteiger partial charge in [-0.15, -0.1) is 0 Å². The van der Waals surface area contributed by atoms with E-state index in [1.807, 2.05) is 25.1 Å². The van der Waals surface area contributed by atoms with Crippen molar-refractivity contribution in [3.8, 4) is 11.8 Å². The van der Waals surface area contributed by atoms with Crippen molar-refractivity contribution in [1.29, 1.82) is 5.26 Å². The second-order valence-electron chi connectivity index (χ2n) is 4.09. The third-order valence-electron chi connectivity index (χ3n) is 2.59. The van der Waals surface area contributed by atoms with Gasteiger partial charge >= 0.3 is 0 Å². The van der Waals surface area contributed by atoms with Crippen LogP contribution in [0.15, 0.2) is 18.2 Å². The number of carbonyl (C=O) groups is 1. The van der Waals surface area contributed by atoms with E-state index in [0.29, 0.717) is 11.4 Å². The zero-order chi connectivity index (χ0) is 12.4. The third-order valence-corrected chi connectivity index (χ3v) is 2.59. The minimum atomic E-state index is -0.334. The van der Waals surface area contributed by atoms with Gasteiger partial charge in [-0.3, -0.25) is 9.69 Å². The summed E-state index contributed by atoms with van der Waals surface area (Å²) in [5.74, 6) is 0.469. The molecule has 1 N–H and O–H groups in total. The molecule has 0 aliphatic carbocycles. The fraction of sp³-hybridized carbons (Fsp3) is 0.333. The Morgan fingerprint density at radius 2 is 2.29 bits per heavy atom. The first-order chi connectivity index (χ1) is 8.11. The summed E-state index contributed by atoms with van der Waals surface area (Å²) in [6.07, 6.45) is 0. The molecule has 1 aromatic carbocycles. The highest BCUT2D eigenvalue weighted by Gasteiger charge is 2.19. The summed E-state index contributed by atoms with van der Waals surface area (Å²) < 4.78 is 5.26. The Balaban J connectivity index is 2.36. The lowest BCUT2D eigenvalue weighted by molar-refractivity contribution is -0.118. The monoisotopic (exact) mass is 231 g/mol. The number of nitrogens with one attached hydrogen (secondary N) is 1. The van der Waals surface area contributed by atoms with Crippen molar-refractivity contribution in [2.75, 3.05) is 26.0 Å². The summed E-state index contributed by atoms with van der Waals surface area (Å²) in [6, 6.07) is 7.27. The average Bonchev–Trinajstić information content (AvgIpc) is 2.29. The summed E-state index contributed by atoms with van der Waals surface area (Å²) in [7, 11) is 3.67. The first kappa shape index (κ1) is 11.4. The van der Waals surface area contributed by atoms with E-state index in [1.54, 1.807) is 12.1 Å². The lowest BCUT2D eigenvalue weighted by Gasteiger charge is -2.22. The minimum absolute atomic E-state index is 0.0434. The van der Waals surface area contributed by atoms with Crippen LogP contribution >= 0.6 is 0 Å². The maximum absolute atomic E-state index is 11.2. The van der Waals surface area contributed by atoms with Crippen molar-refractivity contribution in [1.82, 2.24) is 4.90 Å². The molecule has 0 bridgehead atoms. The molecule has 0 spiro atoms. The van der Waals surface area contributed by atoms with Gasteiger partial charge in [0.05, 0.1) is 11.8 Å². The Morgan fingerprint density at radius 3 is 2.94 bits per heavy atom. The van der Waals surface area contributed by atoms with Crippen LogP contribution in [0, 0.1) is 11.3 Å². The number of ether oxygens (including phenoxy) is 1. The quantitative estimate of drug-likeness (QED) is 0.829. The average molecular weight is 231 g/mol. The summed E-state index contributed by atoms with van der Waals surface area (Å²) in [5.41, 5.74) is 1.46. The van der Waals surface area contributed by atoms with E-state index in [1.165, 1.54) is 0 Å². The standard InChI is InChI=1S/C12H13N3O2/c1-15(2)10(6-13)8-3-4-11-9(5-8)14-12(16)7-17-11/h3-5,10H,7H2,1-2H3,(H,14,16). The summed E-state index contributed by atoms with van der Waals surface area (Å²) in [4.78, 5) is 13.0. The second kappa shape index (κ2) is 4.44. The first-order valence-corrected chi connectivity index (χ1v) is 5.24. The molecule has 1 atom stereocenters. The molecule has 0 radical (unpaired) electrons. The topological polar surface area (TPSA) is 65.4 Å². The SMILES string of the molecule is CN(C)C(C#N)c1ccc2c(c1)NC(=O)CO2. The molecule has 1 aliphatic heterocycles. The maximum atomic E-state index is 11.2. The number of amides is 1. The van der Waals surface area contributed by atoms with Crippen LogP contribution < -0.4 is 10.1 Å². The van der Waals surface area contributed by atoms with E-state index in [9.17, 15) is 4.79 Å². The van der Waals surface area contributed by atoms with Crippen molar-refractivity contribution in [2.24, 2.45) is 0 Å². The Bertz CT molecular complexity index is 491.